The van der Waals surface area contributed by atoms with Crippen molar-refractivity contribution in [3.8, 4) is 11.1 Å². The van der Waals surface area contributed by atoms with E-state index < -0.39 is 0 Å². The van der Waals surface area contributed by atoms with Crippen LogP contribution in [0, 0.1) is 6.92 Å². The maximum absolute atomic E-state index is 12.3. The summed E-state index contributed by atoms with van der Waals surface area (Å²) in [5.41, 5.74) is 5.44. The molecular formula is C21H17NO. The van der Waals surface area contributed by atoms with Crippen LogP contribution in [0.4, 0.5) is 0 Å². The Balaban J connectivity index is 2.25. The molecule has 0 saturated heterocycles. The minimum absolute atomic E-state index is 0.0458. The predicted molar refractivity (Wildman–Crippen MR) is 95.9 cm³/mol. The fourth-order valence-corrected chi connectivity index (χ4v) is 3.47. The van der Waals surface area contributed by atoms with E-state index >= 15 is 0 Å². The van der Waals surface area contributed by atoms with Crippen LogP contribution in [-0.2, 0) is 0 Å². The van der Waals surface area contributed by atoms with Gasteiger partial charge in [-0.2, -0.15) is 0 Å². The van der Waals surface area contributed by atoms with Crippen LogP contribution in [0.5, 0.6) is 0 Å². The summed E-state index contributed by atoms with van der Waals surface area (Å²) in [5, 5.41) is 2.28. The number of carbonyl (C=O) groups is 1. The van der Waals surface area contributed by atoms with Crippen LogP contribution in [0.1, 0.15) is 17.3 Å². The Morgan fingerprint density at radius 2 is 1.61 bits per heavy atom. The number of rotatable bonds is 1. The highest BCUT2D eigenvalue weighted by Crippen LogP contribution is 2.37. The summed E-state index contributed by atoms with van der Waals surface area (Å²) in [6.45, 7) is 3.68. The molecule has 0 amide bonds. The molecule has 1 aromatic heterocycles. The molecule has 0 bridgehead atoms. The first kappa shape index (κ1) is 13.8. The topological polar surface area (TPSA) is 22.0 Å². The van der Waals surface area contributed by atoms with Gasteiger partial charge in [-0.3, -0.25) is 9.36 Å². The minimum atomic E-state index is 0.0458. The zero-order chi connectivity index (χ0) is 16.0. The van der Waals surface area contributed by atoms with Crippen molar-refractivity contribution >= 4 is 27.7 Å². The van der Waals surface area contributed by atoms with Crippen LogP contribution in [0.3, 0.4) is 0 Å². The van der Waals surface area contributed by atoms with Crippen molar-refractivity contribution in [2.75, 3.05) is 0 Å². The minimum Gasteiger partial charge on any atom is -0.280 e. The van der Waals surface area contributed by atoms with Gasteiger partial charge in [0.05, 0.1) is 11.0 Å². The number of fused-ring (bicyclic) bond motifs is 3. The molecule has 0 fully saturated rings. The maximum Gasteiger partial charge on any atom is 0.228 e. The Bertz CT molecular complexity index is 1040. The molecule has 2 nitrogen and oxygen atoms in total. The zero-order valence-corrected chi connectivity index (χ0v) is 13.2. The number of hydrogen-bond acceptors (Lipinski definition) is 1. The maximum atomic E-state index is 12.3. The Morgan fingerprint density at radius 3 is 2.35 bits per heavy atom. The number of carbonyl (C=O) groups excluding carboxylic acids is 1. The molecule has 2 heteroatoms. The largest absolute Gasteiger partial charge is 0.280 e. The van der Waals surface area contributed by atoms with Gasteiger partial charge < -0.3 is 0 Å². The summed E-state index contributed by atoms with van der Waals surface area (Å²) < 4.78 is 1.84. The molecule has 0 atom stereocenters. The van der Waals surface area contributed by atoms with Crippen molar-refractivity contribution in [2.24, 2.45) is 0 Å². The average molecular weight is 299 g/mol. The summed E-state index contributed by atoms with van der Waals surface area (Å²) >= 11 is 0. The second-order valence-corrected chi connectivity index (χ2v) is 5.89. The summed E-state index contributed by atoms with van der Waals surface area (Å²) in [6.07, 6.45) is 0. The summed E-state index contributed by atoms with van der Waals surface area (Å²) in [7, 11) is 0. The van der Waals surface area contributed by atoms with E-state index in [0.29, 0.717) is 0 Å². The molecule has 112 valence electrons. The van der Waals surface area contributed by atoms with Gasteiger partial charge in [-0.15, -0.1) is 0 Å². The second kappa shape index (κ2) is 5.10. The van der Waals surface area contributed by atoms with Crippen LogP contribution in [0.2, 0.25) is 0 Å². The molecule has 0 aliphatic carbocycles. The van der Waals surface area contributed by atoms with Crippen molar-refractivity contribution in [3.05, 3.63) is 72.3 Å². The quantitative estimate of drug-likeness (QED) is 0.459. The normalized spacial score (nSPS) is 11.2. The molecule has 0 spiro atoms. The van der Waals surface area contributed by atoms with E-state index in [1.54, 1.807) is 6.92 Å². The lowest BCUT2D eigenvalue weighted by molar-refractivity contribution is 0.0946. The Morgan fingerprint density at radius 1 is 0.870 bits per heavy atom. The van der Waals surface area contributed by atoms with Gasteiger partial charge in [0.2, 0.25) is 5.91 Å². The fourth-order valence-electron chi connectivity index (χ4n) is 3.47. The lowest BCUT2D eigenvalue weighted by Crippen LogP contribution is -2.05. The van der Waals surface area contributed by atoms with Crippen LogP contribution < -0.4 is 0 Å². The van der Waals surface area contributed by atoms with Crippen molar-refractivity contribution < 1.29 is 4.79 Å². The molecule has 0 unspecified atom stereocenters. The van der Waals surface area contributed by atoms with Gasteiger partial charge >= 0.3 is 0 Å². The van der Waals surface area contributed by atoms with E-state index in [9.17, 15) is 4.79 Å². The van der Waals surface area contributed by atoms with E-state index in [-0.39, 0.29) is 5.91 Å². The van der Waals surface area contributed by atoms with Crippen LogP contribution in [0.15, 0.2) is 66.7 Å². The van der Waals surface area contributed by atoms with E-state index in [2.05, 4.69) is 43.3 Å². The predicted octanol–water partition coefficient (Wildman–Crippen LogP) is 5.43. The van der Waals surface area contributed by atoms with Gasteiger partial charge in [-0.05, 0) is 29.7 Å². The molecule has 0 aliphatic rings. The highest BCUT2D eigenvalue weighted by molar-refractivity contribution is 6.19. The summed E-state index contributed by atoms with van der Waals surface area (Å²) in [6, 6.07) is 22.7. The molecule has 0 radical (unpaired) electrons. The number of aryl methyl sites for hydroxylation is 1. The van der Waals surface area contributed by atoms with Gasteiger partial charge in [0.25, 0.3) is 0 Å². The molecule has 1 heterocycles. The SMILES string of the molecule is CC(=O)n1c2cccc(-c3ccccc3)c2c2cccc(C)c21. The van der Waals surface area contributed by atoms with E-state index in [1.807, 2.05) is 34.9 Å². The lowest BCUT2D eigenvalue weighted by Gasteiger charge is -2.05. The number of benzene rings is 3. The van der Waals surface area contributed by atoms with Gasteiger partial charge in [-0.25, -0.2) is 0 Å². The van der Waals surface area contributed by atoms with Gasteiger partial charge in [0, 0.05) is 17.7 Å². The molecule has 0 saturated carbocycles. The first-order chi connectivity index (χ1) is 11.2. The first-order valence-corrected chi connectivity index (χ1v) is 7.77. The Hall–Kier alpha value is -2.87. The Kier molecular flexibility index (Phi) is 3.05. The van der Waals surface area contributed by atoms with E-state index in [1.165, 1.54) is 11.1 Å². The van der Waals surface area contributed by atoms with Crippen molar-refractivity contribution in [3.63, 3.8) is 0 Å². The molecule has 0 N–H and O–H groups in total. The monoisotopic (exact) mass is 299 g/mol. The van der Waals surface area contributed by atoms with E-state index in [4.69, 9.17) is 0 Å². The molecular weight excluding hydrogens is 282 g/mol. The first-order valence-electron chi connectivity index (χ1n) is 7.77. The smallest absolute Gasteiger partial charge is 0.228 e. The summed E-state index contributed by atoms with van der Waals surface area (Å²) in [5.74, 6) is 0.0458. The van der Waals surface area contributed by atoms with Crippen LogP contribution in [-0.4, -0.2) is 10.5 Å². The molecule has 3 aromatic carbocycles. The number of nitrogens with zero attached hydrogens (tertiary/aromatic N) is 1. The third-order valence-corrected chi connectivity index (χ3v) is 4.41. The third-order valence-electron chi connectivity index (χ3n) is 4.41. The summed E-state index contributed by atoms with van der Waals surface area (Å²) in [4.78, 5) is 12.3. The van der Waals surface area contributed by atoms with Crippen LogP contribution in [0.25, 0.3) is 32.9 Å². The Labute approximate surface area is 135 Å². The lowest BCUT2D eigenvalue weighted by atomic mass is 9.99. The number of hydrogen-bond donors (Lipinski definition) is 0. The zero-order valence-electron chi connectivity index (χ0n) is 13.2. The van der Waals surface area contributed by atoms with Gasteiger partial charge in [0.1, 0.15) is 0 Å². The highest BCUT2D eigenvalue weighted by Gasteiger charge is 2.17. The molecule has 4 rings (SSSR count). The number of para-hydroxylation sites is 1. The standard InChI is InChI=1S/C21H17NO/c1-14-8-6-12-18-20-17(16-9-4-3-5-10-16)11-7-13-19(20)22(15(2)23)21(14)18/h3-13H,1-2H3. The van der Waals surface area contributed by atoms with E-state index in [0.717, 1.165) is 27.4 Å². The highest BCUT2D eigenvalue weighted by atomic mass is 16.1. The molecule has 0 aliphatic heterocycles. The number of aromatic nitrogens is 1. The van der Waals surface area contributed by atoms with Crippen molar-refractivity contribution in [1.29, 1.82) is 0 Å². The second-order valence-electron chi connectivity index (χ2n) is 5.89. The third kappa shape index (κ3) is 1.99. The van der Waals surface area contributed by atoms with Gasteiger partial charge in [0.15, 0.2) is 0 Å². The van der Waals surface area contributed by atoms with Crippen molar-refractivity contribution in [1.82, 2.24) is 4.57 Å². The van der Waals surface area contributed by atoms with Crippen LogP contribution >= 0.6 is 0 Å². The average Bonchev–Trinajstić information content (AvgIpc) is 2.92. The van der Waals surface area contributed by atoms with Gasteiger partial charge in [-0.1, -0.05) is 60.7 Å². The van der Waals surface area contributed by atoms with Crippen molar-refractivity contribution in [2.45, 2.75) is 13.8 Å². The molecule has 4 aromatic rings. The molecule has 23 heavy (non-hydrogen) atoms. The fraction of sp³-hybridized carbons (Fsp3) is 0.0952.